The summed E-state index contributed by atoms with van der Waals surface area (Å²) in [5.74, 6) is 1.11. The van der Waals surface area contributed by atoms with Crippen LogP contribution in [0.5, 0.6) is 11.5 Å². The highest BCUT2D eigenvalue weighted by Crippen LogP contribution is 2.19. The van der Waals surface area contributed by atoms with Gasteiger partial charge in [0.25, 0.3) is 0 Å². The summed E-state index contributed by atoms with van der Waals surface area (Å²) in [6.07, 6.45) is -1.73. The fraction of sp³-hybridized carbons (Fsp3) is 0.300. The van der Waals surface area contributed by atoms with Crippen molar-refractivity contribution in [3.63, 3.8) is 0 Å². The normalized spacial score (nSPS) is 13.4. The van der Waals surface area contributed by atoms with E-state index in [1.807, 2.05) is 0 Å². The number of ether oxygens (including phenoxy) is 2. The van der Waals surface area contributed by atoms with Crippen LogP contribution in [-0.4, -0.2) is 65.0 Å². The molecule has 0 heterocycles. The van der Waals surface area contributed by atoms with Gasteiger partial charge in [-0.05, 0) is 48.5 Å². The van der Waals surface area contributed by atoms with E-state index < -0.39 is 24.8 Å². The molecule has 0 aliphatic rings. The zero-order valence-electron chi connectivity index (χ0n) is 16.1. The highest BCUT2D eigenvalue weighted by atomic mass is 35.5. The molecule has 0 unspecified atom stereocenters. The second-order valence-electron chi connectivity index (χ2n) is 6.25. The van der Waals surface area contributed by atoms with E-state index in [1.54, 1.807) is 48.5 Å². The lowest BCUT2D eigenvalue weighted by Crippen LogP contribution is -2.26. The van der Waals surface area contributed by atoms with Crippen molar-refractivity contribution in [3.05, 3.63) is 59.7 Å². The molecule has 2 aromatic carbocycles. The number of rotatable bonds is 11. The number of aliphatic hydroxyl groups excluding tert-OH is 3. The number of aliphatic hydroxyl groups is 3. The van der Waals surface area contributed by atoms with Crippen molar-refractivity contribution in [2.24, 2.45) is 10.8 Å². The lowest BCUT2D eigenvalue weighted by molar-refractivity contribution is 0.0536. The molecule has 0 aliphatic heterocycles. The van der Waals surface area contributed by atoms with Crippen molar-refractivity contribution in [2.75, 3.05) is 25.7 Å². The molecule has 0 fully saturated rings. The van der Waals surface area contributed by atoms with Crippen molar-refractivity contribution in [3.8, 4) is 11.5 Å². The molecule has 6 N–H and O–H groups in total. The zero-order valence-corrected chi connectivity index (χ0v) is 16.8. The number of amides is 2. The topological polar surface area (TPSA) is 147 Å². The van der Waals surface area contributed by atoms with Gasteiger partial charge in [0.05, 0.1) is 18.2 Å². The minimum Gasteiger partial charge on any atom is -0.491 e. The highest BCUT2D eigenvalue weighted by Gasteiger charge is 2.10. The Bertz CT molecular complexity index is 770. The lowest BCUT2D eigenvalue weighted by atomic mass is 10.0. The standard InChI is InChI=1S/C20H24ClN3O6/c21-9-15(26)11-29-17-5-1-13(2-6-17)19(23-24-20(22)28)14-3-7-18(8-4-14)30-12-16(27)10-25/h1-8,15-16,25-27H,9-12H2,(H3,22,24,28)/b23-19+/t15-,16-/m0/s1. The molecular formula is C20H24ClN3O6. The summed E-state index contributed by atoms with van der Waals surface area (Å²) >= 11 is 5.54. The monoisotopic (exact) mass is 437 g/mol. The maximum Gasteiger partial charge on any atom is 0.332 e. The van der Waals surface area contributed by atoms with E-state index in [4.69, 9.17) is 31.9 Å². The number of halogens is 1. The molecule has 2 aromatic rings. The number of carbonyl (C=O) groups excluding carboxylic acids is 1. The number of nitrogens with two attached hydrogens (primary N) is 1. The first-order chi connectivity index (χ1) is 14.4. The third-order valence-electron chi connectivity index (χ3n) is 3.81. The van der Waals surface area contributed by atoms with Gasteiger partial charge in [0.2, 0.25) is 0 Å². The van der Waals surface area contributed by atoms with Crippen LogP contribution in [0.3, 0.4) is 0 Å². The van der Waals surface area contributed by atoms with Gasteiger partial charge in [-0.25, -0.2) is 10.2 Å². The van der Waals surface area contributed by atoms with E-state index in [2.05, 4.69) is 10.5 Å². The number of carbonyl (C=O) groups is 1. The zero-order chi connectivity index (χ0) is 21.9. The van der Waals surface area contributed by atoms with E-state index in [-0.39, 0.29) is 19.1 Å². The minimum atomic E-state index is -0.965. The van der Waals surface area contributed by atoms with Gasteiger partial charge in [0, 0.05) is 11.1 Å². The number of benzene rings is 2. The molecule has 2 rings (SSSR count). The van der Waals surface area contributed by atoms with Gasteiger partial charge in [-0.1, -0.05) is 0 Å². The molecule has 30 heavy (non-hydrogen) atoms. The van der Waals surface area contributed by atoms with Gasteiger partial charge in [-0.15, -0.1) is 11.6 Å². The molecule has 2 amide bonds. The van der Waals surface area contributed by atoms with Gasteiger partial charge in [-0.3, -0.25) is 0 Å². The van der Waals surface area contributed by atoms with E-state index in [0.717, 1.165) is 0 Å². The van der Waals surface area contributed by atoms with Crippen LogP contribution in [0.2, 0.25) is 0 Å². The molecule has 0 aromatic heterocycles. The van der Waals surface area contributed by atoms with Crippen LogP contribution in [0.25, 0.3) is 0 Å². The van der Waals surface area contributed by atoms with Crippen LogP contribution in [0, 0.1) is 0 Å². The molecule has 10 heteroatoms. The fourth-order valence-electron chi connectivity index (χ4n) is 2.31. The van der Waals surface area contributed by atoms with Crippen molar-refractivity contribution in [1.29, 1.82) is 0 Å². The Hall–Kier alpha value is -2.85. The Morgan fingerprint density at radius 3 is 1.83 bits per heavy atom. The quantitative estimate of drug-likeness (QED) is 0.200. The molecule has 9 nitrogen and oxygen atoms in total. The SMILES string of the molecule is NC(=O)N/N=C(/c1ccc(OC[C@@H](O)CO)cc1)c1ccc(OC[C@@H](O)CCl)cc1. The van der Waals surface area contributed by atoms with E-state index >= 15 is 0 Å². The number of urea groups is 1. The first-order valence-electron chi connectivity index (χ1n) is 9.05. The summed E-state index contributed by atoms with van der Waals surface area (Å²) in [5.41, 5.74) is 9.15. The lowest BCUT2D eigenvalue weighted by Gasteiger charge is -2.12. The maximum absolute atomic E-state index is 11.1. The van der Waals surface area contributed by atoms with Crippen LogP contribution in [0.4, 0.5) is 4.79 Å². The van der Waals surface area contributed by atoms with Gasteiger partial charge in [-0.2, -0.15) is 5.10 Å². The van der Waals surface area contributed by atoms with Crippen molar-refractivity contribution >= 4 is 23.3 Å². The third kappa shape index (κ3) is 7.53. The first-order valence-corrected chi connectivity index (χ1v) is 9.59. The second kappa shape index (κ2) is 12.0. The largest absolute Gasteiger partial charge is 0.491 e. The number of hydrogen-bond donors (Lipinski definition) is 5. The fourth-order valence-corrected chi connectivity index (χ4v) is 2.40. The van der Waals surface area contributed by atoms with Crippen LogP contribution < -0.4 is 20.6 Å². The Balaban J connectivity index is 2.18. The molecule has 2 atom stereocenters. The molecule has 0 spiro atoms. The van der Waals surface area contributed by atoms with Crippen molar-refractivity contribution in [1.82, 2.24) is 5.43 Å². The number of hydrogen-bond acceptors (Lipinski definition) is 7. The van der Waals surface area contributed by atoms with E-state index in [9.17, 15) is 15.0 Å². The first kappa shape index (κ1) is 23.4. The van der Waals surface area contributed by atoms with Gasteiger partial charge >= 0.3 is 6.03 Å². The predicted molar refractivity (Wildman–Crippen MR) is 112 cm³/mol. The molecule has 0 aliphatic carbocycles. The summed E-state index contributed by atoms with van der Waals surface area (Å²) in [7, 11) is 0. The Labute approximate surface area is 178 Å². The predicted octanol–water partition coefficient (Wildman–Crippen LogP) is 0.818. The third-order valence-corrected chi connectivity index (χ3v) is 4.16. The average Bonchev–Trinajstić information content (AvgIpc) is 2.77. The van der Waals surface area contributed by atoms with Crippen molar-refractivity contribution < 1.29 is 29.6 Å². The number of nitrogens with one attached hydrogen (secondary N) is 1. The number of nitrogens with zero attached hydrogens (tertiary/aromatic N) is 1. The summed E-state index contributed by atoms with van der Waals surface area (Å²) in [5, 5.41) is 31.7. The smallest absolute Gasteiger partial charge is 0.332 e. The molecular weight excluding hydrogens is 414 g/mol. The van der Waals surface area contributed by atoms with Crippen LogP contribution in [0.1, 0.15) is 11.1 Å². The van der Waals surface area contributed by atoms with Gasteiger partial charge in [0.15, 0.2) is 0 Å². The second-order valence-corrected chi connectivity index (χ2v) is 6.56. The molecule has 0 bridgehead atoms. The molecule has 0 saturated heterocycles. The highest BCUT2D eigenvalue weighted by molar-refractivity contribution is 6.18. The van der Waals surface area contributed by atoms with E-state index in [1.165, 1.54) is 0 Å². The number of hydrazone groups is 1. The summed E-state index contributed by atoms with van der Waals surface area (Å²) in [6, 6.07) is 12.9. The van der Waals surface area contributed by atoms with Crippen LogP contribution in [-0.2, 0) is 0 Å². The summed E-state index contributed by atoms with van der Waals surface area (Å²) in [4.78, 5) is 11.1. The van der Waals surface area contributed by atoms with Crippen LogP contribution in [0.15, 0.2) is 53.6 Å². The number of primary amides is 1. The van der Waals surface area contributed by atoms with Gasteiger partial charge in [0.1, 0.15) is 36.9 Å². The molecule has 0 radical (unpaired) electrons. The van der Waals surface area contributed by atoms with Gasteiger partial charge < -0.3 is 30.5 Å². The molecule has 162 valence electrons. The Morgan fingerprint density at radius 1 is 0.967 bits per heavy atom. The summed E-state index contributed by atoms with van der Waals surface area (Å²) < 4.78 is 10.8. The van der Waals surface area contributed by atoms with Crippen LogP contribution >= 0.6 is 11.6 Å². The van der Waals surface area contributed by atoms with E-state index in [0.29, 0.717) is 28.3 Å². The Morgan fingerprint density at radius 2 is 1.43 bits per heavy atom. The minimum absolute atomic E-state index is 0.0418. The Kier molecular flexibility index (Phi) is 9.36. The average molecular weight is 438 g/mol. The molecule has 0 saturated carbocycles. The maximum atomic E-state index is 11.1. The van der Waals surface area contributed by atoms with Crippen molar-refractivity contribution in [2.45, 2.75) is 12.2 Å². The summed E-state index contributed by atoms with van der Waals surface area (Å²) in [6.45, 7) is -0.364. The number of alkyl halides is 1.